The van der Waals surface area contributed by atoms with Gasteiger partial charge in [-0.1, -0.05) is 52.0 Å². The van der Waals surface area contributed by atoms with Crippen molar-refractivity contribution in [2.75, 3.05) is 0 Å². The van der Waals surface area contributed by atoms with Crippen molar-refractivity contribution in [2.24, 2.45) is 0 Å². The molecule has 0 saturated heterocycles. The maximum atomic E-state index is 11.1. The molecule has 0 amide bonds. The average Bonchev–Trinajstić information content (AvgIpc) is 2.65. The summed E-state index contributed by atoms with van der Waals surface area (Å²) in [5, 5.41) is 0. The van der Waals surface area contributed by atoms with Gasteiger partial charge < -0.3 is 19.6 Å². The second kappa shape index (κ2) is 15.1. The molecule has 2 aromatic rings. The molecule has 0 saturated carbocycles. The summed E-state index contributed by atoms with van der Waals surface area (Å²) >= 11 is 10.4. The predicted octanol–water partition coefficient (Wildman–Crippen LogP) is 3.69. The summed E-state index contributed by atoms with van der Waals surface area (Å²) in [6, 6.07) is 11.5. The van der Waals surface area contributed by atoms with Gasteiger partial charge in [0, 0.05) is 9.79 Å². The maximum absolute atomic E-state index is 11.1. The van der Waals surface area contributed by atoms with E-state index in [2.05, 4.69) is 37.5 Å². The molecular weight excluding hydrogens is 590 g/mol. The normalized spacial score (nSPS) is 11.4. The first-order valence-electron chi connectivity index (χ1n) is 9.60. The van der Waals surface area contributed by atoms with E-state index in [4.69, 9.17) is 0 Å². The van der Waals surface area contributed by atoms with Crippen LogP contribution >= 0.6 is 34.2 Å². The van der Waals surface area contributed by atoms with Gasteiger partial charge in [0.15, 0.2) is 0 Å². The second-order valence-corrected chi connectivity index (χ2v) is 17.6. The van der Waals surface area contributed by atoms with Crippen LogP contribution in [0.5, 0.6) is 0 Å². The van der Waals surface area contributed by atoms with Crippen molar-refractivity contribution in [1.29, 1.82) is 0 Å². The number of rotatable bonds is 8. The van der Waals surface area contributed by atoms with Crippen LogP contribution in [0, 0.1) is 0 Å². The molecule has 2 rings (SSSR count). The first-order valence-corrected chi connectivity index (χ1v) is 17.7. The minimum atomic E-state index is -3.71. The molecule has 0 bridgehead atoms. The molecule has 11 heteroatoms. The Morgan fingerprint density at radius 2 is 0.968 bits per heavy atom. The molecular formula is C20H26MoO4P2S4. The summed E-state index contributed by atoms with van der Waals surface area (Å²) in [5.74, 6) is 0. The van der Waals surface area contributed by atoms with Crippen LogP contribution in [0.2, 0.25) is 0 Å². The third-order valence-electron chi connectivity index (χ3n) is 4.35. The molecule has 2 aromatic carbocycles. The minimum Gasteiger partial charge on any atom is -0.824 e. The molecule has 0 N–H and O–H groups in total. The summed E-state index contributed by atoms with van der Waals surface area (Å²) < 4.78 is 0. The van der Waals surface area contributed by atoms with E-state index in [0.29, 0.717) is 0 Å². The zero-order valence-corrected chi connectivity index (χ0v) is 24.9. The first kappa shape index (κ1) is 32.0. The Bertz CT molecular complexity index is 856. The fraction of sp³-hybridized carbons (Fsp3) is 0.400. The van der Waals surface area contributed by atoms with Crippen LogP contribution in [0.3, 0.4) is 0 Å². The fourth-order valence-electron chi connectivity index (χ4n) is 3.10. The van der Waals surface area contributed by atoms with Gasteiger partial charge in [0.1, 0.15) is 0 Å². The Morgan fingerprint density at radius 3 is 1.19 bits per heavy atom. The summed E-state index contributed by atoms with van der Waals surface area (Å²) in [5.41, 5.74) is -2.81. The van der Waals surface area contributed by atoms with E-state index in [1.807, 2.05) is 50.2 Å². The maximum Gasteiger partial charge on any atom is 4.00 e. The van der Waals surface area contributed by atoms with Crippen molar-refractivity contribution < 1.29 is 40.6 Å². The molecule has 0 spiro atoms. The van der Waals surface area contributed by atoms with Gasteiger partial charge in [-0.15, -0.1) is 46.4 Å². The number of hydrogen-bond acceptors (Lipinski definition) is 8. The summed E-state index contributed by atoms with van der Waals surface area (Å²) in [6.45, 7) is 8.18. The minimum absolute atomic E-state index is 0. The quantitative estimate of drug-likeness (QED) is 0.328. The molecule has 0 heterocycles. The van der Waals surface area contributed by atoms with Crippen molar-refractivity contribution in [3.8, 4) is 0 Å². The molecule has 0 aliphatic carbocycles. The topological polar surface area (TPSA) is 92.2 Å². The van der Waals surface area contributed by atoms with Crippen LogP contribution in [0.4, 0.5) is 0 Å². The zero-order chi connectivity index (χ0) is 22.9. The van der Waals surface area contributed by atoms with Crippen LogP contribution < -0.4 is 19.6 Å². The van der Waals surface area contributed by atoms with Gasteiger partial charge in [0.2, 0.25) is 0 Å². The number of hydrogen-bond donors (Lipinski definition) is 0. The molecule has 0 radical (unpaired) electrons. The third kappa shape index (κ3) is 11.8. The summed E-state index contributed by atoms with van der Waals surface area (Å²) in [6.07, 6.45) is 3.50. The first-order chi connectivity index (χ1) is 14.0. The molecule has 0 unspecified atom stereocenters. The third-order valence-corrected chi connectivity index (χ3v) is 9.82. The fourth-order valence-corrected chi connectivity index (χ4v) is 8.55. The van der Waals surface area contributed by atoms with Crippen LogP contribution in [0.25, 0.3) is 0 Å². The Balaban J connectivity index is 0.000000562. The molecule has 4 nitrogen and oxygen atoms in total. The van der Waals surface area contributed by atoms with Crippen molar-refractivity contribution in [1.82, 2.24) is 0 Å². The molecule has 0 fully saturated rings. The van der Waals surface area contributed by atoms with Crippen molar-refractivity contribution in [3.05, 3.63) is 58.7 Å². The van der Waals surface area contributed by atoms with Gasteiger partial charge in [-0.3, -0.25) is 0 Å². The average molecular weight is 617 g/mol. The van der Waals surface area contributed by atoms with Crippen LogP contribution in [0.1, 0.15) is 49.9 Å². The molecule has 31 heavy (non-hydrogen) atoms. The van der Waals surface area contributed by atoms with Crippen LogP contribution in [-0.4, -0.2) is 0 Å². The second-order valence-electron chi connectivity index (χ2n) is 6.28. The van der Waals surface area contributed by atoms with E-state index >= 15 is 0 Å². The largest absolute Gasteiger partial charge is 4.00 e. The van der Waals surface area contributed by atoms with Crippen molar-refractivity contribution >= 4 is 57.8 Å². The van der Waals surface area contributed by atoms with Gasteiger partial charge in [-0.05, 0) is 60.1 Å². The van der Waals surface area contributed by atoms with E-state index < -0.39 is 11.4 Å². The molecule has 0 atom stereocenters. The van der Waals surface area contributed by atoms with Gasteiger partial charge in [-0.25, -0.2) is 0 Å². The van der Waals surface area contributed by atoms with E-state index in [9.17, 15) is 19.6 Å². The smallest absolute Gasteiger partial charge is 0.824 e. The molecule has 0 aliphatic rings. The number of aryl methyl sites for hydroxylation is 2. The molecule has 0 aliphatic heterocycles. The van der Waals surface area contributed by atoms with Gasteiger partial charge >= 0.3 is 21.1 Å². The van der Waals surface area contributed by atoms with E-state index in [1.165, 1.54) is 11.1 Å². The molecule has 0 aromatic heterocycles. The van der Waals surface area contributed by atoms with E-state index in [1.54, 1.807) is 0 Å². The Labute approximate surface area is 218 Å². The van der Waals surface area contributed by atoms with Crippen molar-refractivity contribution in [2.45, 2.75) is 63.2 Å². The van der Waals surface area contributed by atoms with Crippen molar-refractivity contribution in [3.63, 3.8) is 0 Å². The van der Waals surface area contributed by atoms with Gasteiger partial charge in [0.25, 0.3) is 0 Å². The van der Waals surface area contributed by atoms with Crippen LogP contribution in [-0.2, 0) is 70.4 Å². The number of benzene rings is 2. The van der Waals surface area contributed by atoms with Gasteiger partial charge in [-0.2, -0.15) is 11.4 Å². The van der Waals surface area contributed by atoms with E-state index in [-0.39, 0.29) is 21.1 Å². The Kier molecular flexibility index (Phi) is 15.5. The standard InChI is InChI=1S/2C10H15O2PS2.Mo/c2*1-3-8-6-5-7-10(9(8)4-2)15-13(11,12)14;/h2*5-7H,3-4H2,1-2H3,(H2,11,12,14);/q;;+4/p-4. The zero-order valence-electron chi connectivity index (χ0n) is 17.9. The van der Waals surface area contributed by atoms with Gasteiger partial charge in [0.05, 0.1) is 0 Å². The van der Waals surface area contributed by atoms with Crippen LogP contribution in [0.15, 0.2) is 46.2 Å². The SMILES string of the molecule is CCc1cccc(SP([O-])([O-])=S)c1CC.CCc1cccc(SP([O-])([O-])=S)c1CC.[Mo+4]. The Morgan fingerprint density at radius 1 is 0.645 bits per heavy atom. The predicted molar refractivity (Wildman–Crippen MR) is 131 cm³/mol. The van der Waals surface area contributed by atoms with E-state index in [0.717, 1.165) is 69.4 Å². The Hall–Kier alpha value is 0.968. The summed E-state index contributed by atoms with van der Waals surface area (Å²) in [7, 11) is 0. The monoisotopic (exact) mass is 618 g/mol. The molecule has 170 valence electrons. The summed E-state index contributed by atoms with van der Waals surface area (Å²) in [4.78, 5) is 45.9.